The molecule has 1 unspecified atom stereocenters. The molecule has 1 heterocycles. The van der Waals surface area contributed by atoms with Crippen molar-refractivity contribution in [3.05, 3.63) is 41.7 Å². The van der Waals surface area contributed by atoms with Gasteiger partial charge in [-0.2, -0.15) is 0 Å². The Hall–Kier alpha value is -1.95. The summed E-state index contributed by atoms with van der Waals surface area (Å²) in [6.07, 6.45) is 0.454. The van der Waals surface area contributed by atoms with Crippen LogP contribution in [0.5, 0.6) is 0 Å². The zero-order valence-corrected chi connectivity index (χ0v) is 13.4. The predicted octanol–water partition coefficient (Wildman–Crippen LogP) is 2.59. The summed E-state index contributed by atoms with van der Waals surface area (Å²) < 4.78 is 10.3. The monoisotopic (exact) mass is 321 g/mol. The molecule has 2 rings (SSSR count). The Kier molecular flexibility index (Phi) is 5.89. The predicted molar refractivity (Wildman–Crippen MR) is 86.6 cm³/mol. The number of ether oxygens (including phenoxy) is 2. The third-order valence-electron chi connectivity index (χ3n) is 3.23. The normalized spacial score (nSPS) is 17.1. The molecule has 0 bridgehead atoms. The van der Waals surface area contributed by atoms with E-state index in [1.165, 1.54) is 18.9 Å². The van der Waals surface area contributed by atoms with Crippen LogP contribution in [0.15, 0.2) is 41.7 Å². The summed E-state index contributed by atoms with van der Waals surface area (Å²) in [6.45, 7) is 1.76. The van der Waals surface area contributed by atoms with Crippen LogP contribution in [0.2, 0.25) is 0 Å². The molecule has 118 valence electrons. The quantitative estimate of drug-likeness (QED) is 0.816. The summed E-state index contributed by atoms with van der Waals surface area (Å²) in [5, 5.41) is 2.83. The third kappa shape index (κ3) is 4.53. The number of carbonyl (C=O) groups excluding carboxylic acids is 2. The number of nitrogens with one attached hydrogen (secondary N) is 1. The molecule has 6 heteroatoms. The summed E-state index contributed by atoms with van der Waals surface area (Å²) in [7, 11) is 1.36. The molecule has 1 aromatic carbocycles. The van der Waals surface area contributed by atoms with Gasteiger partial charge in [0.05, 0.1) is 18.4 Å². The highest BCUT2D eigenvalue weighted by Crippen LogP contribution is 2.27. The lowest BCUT2D eigenvalue weighted by Gasteiger charge is -2.11. The van der Waals surface area contributed by atoms with Gasteiger partial charge in [-0.15, -0.1) is 11.8 Å². The van der Waals surface area contributed by atoms with Crippen molar-refractivity contribution in [1.82, 2.24) is 0 Å². The van der Waals surface area contributed by atoms with Crippen molar-refractivity contribution >= 4 is 29.3 Å². The Bertz CT molecular complexity index is 571. The van der Waals surface area contributed by atoms with E-state index in [-0.39, 0.29) is 18.0 Å². The minimum atomic E-state index is -0.341. The molecule has 0 aromatic heterocycles. The van der Waals surface area contributed by atoms with Crippen molar-refractivity contribution in [2.75, 3.05) is 23.9 Å². The van der Waals surface area contributed by atoms with Crippen LogP contribution >= 0.6 is 11.8 Å². The maximum absolute atomic E-state index is 11.8. The summed E-state index contributed by atoms with van der Waals surface area (Å²) in [5.41, 5.74) is 1.37. The number of benzene rings is 1. The molecule has 1 atom stereocenters. The summed E-state index contributed by atoms with van der Waals surface area (Å²) in [6, 6.07) is 9.34. The van der Waals surface area contributed by atoms with Crippen molar-refractivity contribution in [2.24, 2.45) is 0 Å². The largest absolute Gasteiger partial charge is 0.493 e. The fourth-order valence-corrected chi connectivity index (χ4v) is 3.00. The fourth-order valence-electron chi connectivity index (χ4n) is 2.18. The molecule has 1 amide bonds. The highest BCUT2D eigenvalue weighted by atomic mass is 32.2. The lowest BCUT2D eigenvalue weighted by molar-refractivity contribution is -0.136. The van der Waals surface area contributed by atoms with Crippen LogP contribution in [0, 0.1) is 0 Å². The Morgan fingerprint density at radius 1 is 1.36 bits per heavy atom. The van der Waals surface area contributed by atoms with Gasteiger partial charge in [-0.1, -0.05) is 18.2 Å². The van der Waals surface area contributed by atoms with E-state index in [9.17, 15) is 9.59 Å². The molecule has 1 aliphatic heterocycles. The Balaban J connectivity index is 1.70. The van der Waals surface area contributed by atoms with Crippen molar-refractivity contribution in [2.45, 2.75) is 19.4 Å². The van der Waals surface area contributed by atoms with E-state index < -0.39 is 0 Å². The molecule has 1 aromatic rings. The molecule has 22 heavy (non-hydrogen) atoms. The first-order valence-corrected chi connectivity index (χ1v) is 8.13. The van der Waals surface area contributed by atoms with Crippen LogP contribution in [0.1, 0.15) is 13.3 Å². The zero-order chi connectivity index (χ0) is 15.9. The molecule has 0 fully saturated rings. The topological polar surface area (TPSA) is 64.6 Å². The van der Waals surface area contributed by atoms with Gasteiger partial charge >= 0.3 is 5.97 Å². The Morgan fingerprint density at radius 3 is 2.77 bits per heavy atom. The first kappa shape index (κ1) is 16.4. The molecule has 0 spiro atoms. The number of anilines is 1. The Morgan fingerprint density at radius 2 is 2.09 bits per heavy atom. The van der Waals surface area contributed by atoms with E-state index >= 15 is 0 Å². The zero-order valence-electron chi connectivity index (χ0n) is 12.6. The van der Waals surface area contributed by atoms with Crippen LogP contribution in [0.4, 0.5) is 5.69 Å². The van der Waals surface area contributed by atoms with Gasteiger partial charge in [-0.05, 0) is 19.1 Å². The van der Waals surface area contributed by atoms with E-state index in [4.69, 9.17) is 9.47 Å². The van der Waals surface area contributed by atoms with Gasteiger partial charge in [-0.3, -0.25) is 4.79 Å². The van der Waals surface area contributed by atoms with Crippen LogP contribution in [0.3, 0.4) is 0 Å². The number of hydrogen-bond acceptors (Lipinski definition) is 5. The van der Waals surface area contributed by atoms with Crippen molar-refractivity contribution in [3.63, 3.8) is 0 Å². The van der Waals surface area contributed by atoms with Crippen LogP contribution < -0.4 is 5.32 Å². The number of esters is 1. The lowest BCUT2D eigenvalue weighted by Crippen LogP contribution is -2.17. The minimum absolute atomic E-state index is 0.0490. The van der Waals surface area contributed by atoms with E-state index in [0.717, 1.165) is 5.69 Å². The number of methoxy groups -OCH3 is 1. The summed E-state index contributed by atoms with van der Waals surface area (Å²) >= 11 is 1.49. The number of amides is 1. The van der Waals surface area contributed by atoms with Gasteiger partial charge in [-0.25, -0.2) is 4.79 Å². The van der Waals surface area contributed by atoms with Gasteiger partial charge in [0.2, 0.25) is 5.91 Å². The number of rotatable bonds is 6. The minimum Gasteiger partial charge on any atom is -0.493 e. The maximum Gasteiger partial charge on any atom is 0.337 e. The second-order valence-corrected chi connectivity index (χ2v) is 5.93. The smallest absolute Gasteiger partial charge is 0.337 e. The molecule has 0 saturated heterocycles. The van der Waals surface area contributed by atoms with Crippen molar-refractivity contribution in [1.29, 1.82) is 0 Å². The maximum atomic E-state index is 11.8. The van der Waals surface area contributed by atoms with Crippen LogP contribution in [-0.2, 0) is 19.1 Å². The van der Waals surface area contributed by atoms with E-state index in [2.05, 4.69) is 5.32 Å². The number of hydrogen-bond donors (Lipinski definition) is 1. The molecule has 0 radical (unpaired) electrons. The first-order chi connectivity index (χ1) is 10.6. The highest BCUT2D eigenvalue weighted by molar-refractivity contribution is 8.00. The third-order valence-corrected chi connectivity index (χ3v) is 4.30. The van der Waals surface area contributed by atoms with Crippen molar-refractivity contribution in [3.8, 4) is 0 Å². The number of carbonyl (C=O) groups is 2. The molecule has 1 aliphatic rings. The van der Waals surface area contributed by atoms with E-state index in [1.54, 1.807) is 6.92 Å². The molecule has 5 nitrogen and oxygen atoms in total. The first-order valence-electron chi connectivity index (χ1n) is 6.97. The van der Waals surface area contributed by atoms with E-state index in [0.29, 0.717) is 29.3 Å². The second-order valence-electron chi connectivity index (χ2n) is 4.90. The van der Waals surface area contributed by atoms with E-state index in [1.807, 2.05) is 30.3 Å². The summed E-state index contributed by atoms with van der Waals surface area (Å²) in [4.78, 5) is 23.3. The number of para-hydroxylation sites is 1. The van der Waals surface area contributed by atoms with Gasteiger partial charge < -0.3 is 14.8 Å². The van der Waals surface area contributed by atoms with Crippen LogP contribution in [-0.4, -0.2) is 36.6 Å². The molecule has 1 N–H and O–H groups in total. The Labute approximate surface area is 134 Å². The average Bonchev–Trinajstić information content (AvgIpc) is 2.88. The average molecular weight is 321 g/mol. The van der Waals surface area contributed by atoms with Gasteiger partial charge in [0, 0.05) is 17.9 Å². The molecule has 0 saturated carbocycles. The van der Waals surface area contributed by atoms with Gasteiger partial charge in [0.1, 0.15) is 11.9 Å². The van der Waals surface area contributed by atoms with Gasteiger partial charge in [0.25, 0.3) is 0 Å². The molecule has 0 aliphatic carbocycles. The highest BCUT2D eigenvalue weighted by Gasteiger charge is 2.28. The fraction of sp³-hybridized carbons (Fsp3) is 0.375. The molecular formula is C16H19NO4S. The number of thioether (sulfide) groups is 1. The van der Waals surface area contributed by atoms with Gasteiger partial charge in [0.15, 0.2) is 0 Å². The van der Waals surface area contributed by atoms with Crippen molar-refractivity contribution < 1.29 is 19.1 Å². The number of allylic oxidation sites excluding steroid dienone is 1. The van der Waals surface area contributed by atoms with Crippen LogP contribution in [0.25, 0.3) is 0 Å². The standard InChI is InChI=1S/C16H19NO4S/c1-11-14(16(19)20-2)8-13(21-11)9-22-10-15(18)17-12-6-4-3-5-7-12/h3-7,13H,8-10H2,1-2H3,(H,17,18). The SMILES string of the molecule is COC(=O)C1=C(C)OC(CSCC(=O)Nc2ccccc2)C1. The summed E-state index contributed by atoms with van der Waals surface area (Å²) in [5.74, 6) is 1.23. The second kappa shape index (κ2) is 7.89. The lowest BCUT2D eigenvalue weighted by atomic mass is 10.1. The molecular weight excluding hydrogens is 302 g/mol.